The lowest BCUT2D eigenvalue weighted by Gasteiger charge is -2.06. The van der Waals surface area contributed by atoms with Gasteiger partial charge in [0.05, 0.1) is 5.69 Å². The summed E-state index contributed by atoms with van der Waals surface area (Å²) in [6.45, 7) is 1.58. The van der Waals surface area contributed by atoms with Crippen molar-refractivity contribution in [3.63, 3.8) is 0 Å². The third kappa shape index (κ3) is 1.67. The SMILES string of the molecule is Cc1c(N(F)S(C)=O)nc2ccc(F)cn12. The Morgan fingerprint density at radius 3 is 2.81 bits per heavy atom. The molecule has 2 aromatic heterocycles. The predicted molar refractivity (Wildman–Crippen MR) is 57.5 cm³/mol. The Morgan fingerprint density at radius 1 is 1.50 bits per heavy atom. The van der Waals surface area contributed by atoms with Crippen molar-refractivity contribution in [3.05, 3.63) is 29.8 Å². The van der Waals surface area contributed by atoms with Crippen molar-refractivity contribution in [3.8, 4) is 0 Å². The zero-order chi connectivity index (χ0) is 11.9. The van der Waals surface area contributed by atoms with E-state index >= 15 is 0 Å². The molecule has 0 amide bonds. The number of anilines is 1. The zero-order valence-corrected chi connectivity index (χ0v) is 9.46. The standard InChI is InChI=1S/C9H9F2N3OS/c1-6-9(14(11)16(2)15)12-8-4-3-7(10)5-13(6)8/h3-5H,1-2H3. The Kier molecular flexibility index (Phi) is 2.63. The van der Waals surface area contributed by atoms with Crippen LogP contribution in [0, 0.1) is 12.7 Å². The molecule has 0 N–H and O–H groups in total. The Balaban J connectivity index is 2.64. The molecule has 86 valence electrons. The second-order valence-electron chi connectivity index (χ2n) is 3.26. The summed E-state index contributed by atoms with van der Waals surface area (Å²) in [4.78, 5) is 3.93. The van der Waals surface area contributed by atoms with Crippen LogP contribution in [0.2, 0.25) is 0 Å². The molecule has 16 heavy (non-hydrogen) atoms. The second kappa shape index (κ2) is 3.82. The molecule has 0 spiro atoms. The van der Waals surface area contributed by atoms with Gasteiger partial charge in [0.1, 0.15) is 22.5 Å². The third-order valence-corrected chi connectivity index (χ3v) is 2.81. The van der Waals surface area contributed by atoms with Gasteiger partial charge in [-0.2, -0.15) is 0 Å². The maximum atomic E-state index is 13.4. The molecule has 2 heterocycles. The minimum absolute atomic E-state index is 0.0558. The number of hydrogen-bond acceptors (Lipinski definition) is 2. The van der Waals surface area contributed by atoms with E-state index in [-0.39, 0.29) is 10.3 Å². The molecule has 0 aliphatic heterocycles. The van der Waals surface area contributed by atoms with Crippen LogP contribution in [-0.2, 0) is 11.0 Å². The number of imidazole rings is 1. The van der Waals surface area contributed by atoms with Gasteiger partial charge < -0.3 is 0 Å². The van der Waals surface area contributed by atoms with Gasteiger partial charge >= 0.3 is 0 Å². The first-order valence-corrected chi connectivity index (χ1v) is 5.96. The van der Waals surface area contributed by atoms with E-state index in [2.05, 4.69) is 4.98 Å². The van der Waals surface area contributed by atoms with Crippen LogP contribution in [-0.4, -0.2) is 19.8 Å². The van der Waals surface area contributed by atoms with Gasteiger partial charge in [0.2, 0.25) is 0 Å². The first-order valence-electron chi connectivity index (χ1n) is 4.44. The van der Waals surface area contributed by atoms with Gasteiger partial charge in [-0.15, -0.1) is 4.53 Å². The Bertz CT molecular complexity index is 569. The van der Waals surface area contributed by atoms with Crippen molar-refractivity contribution >= 4 is 22.5 Å². The molecule has 1 atom stereocenters. The van der Waals surface area contributed by atoms with E-state index in [0.717, 1.165) is 0 Å². The molecule has 0 fully saturated rings. The second-order valence-corrected chi connectivity index (χ2v) is 4.43. The lowest BCUT2D eigenvalue weighted by molar-refractivity contribution is 0.524. The van der Waals surface area contributed by atoms with Crippen molar-refractivity contribution in [2.24, 2.45) is 0 Å². The van der Waals surface area contributed by atoms with Gasteiger partial charge in [0.15, 0.2) is 5.82 Å². The average Bonchev–Trinajstić information content (AvgIpc) is 2.55. The fourth-order valence-corrected chi connectivity index (χ4v) is 1.83. The van der Waals surface area contributed by atoms with E-state index in [1.807, 2.05) is 0 Å². The summed E-state index contributed by atoms with van der Waals surface area (Å²) >= 11 is 0. The molecule has 2 aromatic rings. The minimum Gasteiger partial charge on any atom is -0.299 e. The van der Waals surface area contributed by atoms with Crippen LogP contribution in [0.5, 0.6) is 0 Å². The zero-order valence-electron chi connectivity index (χ0n) is 8.65. The van der Waals surface area contributed by atoms with Crippen LogP contribution in [0.3, 0.4) is 0 Å². The van der Waals surface area contributed by atoms with Crippen molar-refractivity contribution in [1.29, 1.82) is 0 Å². The summed E-state index contributed by atoms with van der Waals surface area (Å²) in [5, 5.41) is 0. The predicted octanol–water partition coefficient (Wildman–Crippen LogP) is 1.77. The fraction of sp³-hybridized carbons (Fsp3) is 0.222. The Labute approximate surface area is 93.0 Å². The smallest absolute Gasteiger partial charge is 0.194 e. The number of pyridine rings is 1. The van der Waals surface area contributed by atoms with E-state index in [1.54, 1.807) is 6.92 Å². The van der Waals surface area contributed by atoms with E-state index < -0.39 is 16.8 Å². The van der Waals surface area contributed by atoms with E-state index in [1.165, 1.54) is 29.0 Å². The van der Waals surface area contributed by atoms with Crippen molar-refractivity contribution in [2.75, 3.05) is 10.8 Å². The molecule has 0 aliphatic rings. The molecular weight excluding hydrogens is 236 g/mol. The summed E-state index contributed by atoms with van der Waals surface area (Å²) in [5.41, 5.74) is 0.800. The van der Waals surface area contributed by atoms with E-state index in [9.17, 15) is 13.1 Å². The number of aromatic nitrogens is 2. The molecule has 0 saturated heterocycles. The van der Waals surface area contributed by atoms with Gasteiger partial charge in [-0.3, -0.25) is 4.40 Å². The van der Waals surface area contributed by atoms with Gasteiger partial charge in [0.25, 0.3) is 0 Å². The van der Waals surface area contributed by atoms with Gasteiger partial charge in [-0.1, -0.05) is 4.48 Å². The summed E-state index contributed by atoms with van der Waals surface area (Å²) in [6.07, 6.45) is 2.40. The number of hydrogen-bond donors (Lipinski definition) is 0. The number of halogens is 2. The molecule has 2 rings (SSSR count). The molecule has 1 unspecified atom stereocenters. The molecule has 4 nitrogen and oxygen atoms in total. The van der Waals surface area contributed by atoms with Crippen molar-refractivity contribution in [1.82, 2.24) is 9.38 Å². The normalized spacial score (nSPS) is 13.0. The molecule has 0 radical (unpaired) electrons. The molecule has 7 heteroatoms. The van der Waals surface area contributed by atoms with E-state index in [0.29, 0.717) is 11.3 Å². The minimum atomic E-state index is -1.81. The molecule has 0 aromatic carbocycles. The van der Waals surface area contributed by atoms with Gasteiger partial charge in [-0.05, 0) is 19.1 Å². The molecule has 0 bridgehead atoms. The van der Waals surface area contributed by atoms with Crippen LogP contribution >= 0.6 is 0 Å². The molecule has 0 aliphatic carbocycles. The highest BCUT2D eigenvalue weighted by molar-refractivity contribution is 7.85. The summed E-state index contributed by atoms with van der Waals surface area (Å²) in [5.74, 6) is -0.506. The highest BCUT2D eigenvalue weighted by atomic mass is 32.2. The number of nitrogens with zero attached hydrogens (tertiary/aromatic N) is 3. The summed E-state index contributed by atoms with van der Waals surface area (Å²) < 4.78 is 38.8. The first-order chi connectivity index (χ1) is 7.50. The maximum absolute atomic E-state index is 13.4. The fourth-order valence-electron chi connectivity index (χ4n) is 1.41. The van der Waals surface area contributed by atoms with Crippen molar-refractivity contribution in [2.45, 2.75) is 6.92 Å². The first kappa shape index (κ1) is 11.0. The van der Waals surface area contributed by atoms with Crippen LogP contribution in [0.15, 0.2) is 18.3 Å². The van der Waals surface area contributed by atoms with Gasteiger partial charge in [-0.25, -0.2) is 13.6 Å². The number of aryl methyl sites for hydroxylation is 1. The van der Waals surface area contributed by atoms with Gasteiger partial charge in [0, 0.05) is 12.5 Å². The number of rotatable bonds is 2. The Hall–Kier alpha value is -1.50. The maximum Gasteiger partial charge on any atom is 0.194 e. The third-order valence-electron chi connectivity index (χ3n) is 2.19. The van der Waals surface area contributed by atoms with Crippen LogP contribution in [0.25, 0.3) is 5.65 Å². The number of fused-ring (bicyclic) bond motifs is 1. The lowest BCUT2D eigenvalue weighted by atomic mass is 10.4. The van der Waals surface area contributed by atoms with Crippen LogP contribution in [0.1, 0.15) is 5.69 Å². The van der Waals surface area contributed by atoms with Crippen LogP contribution < -0.4 is 4.53 Å². The lowest BCUT2D eigenvalue weighted by Crippen LogP contribution is -2.14. The quantitative estimate of drug-likeness (QED) is 0.756. The molecule has 0 saturated carbocycles. The summed E-state index contributed by atoms with van der Waals surface area (Å²) in [7, 11) is -1.81. The average molecular weight is 245 g/mol. The highest BCUT2D eigenvalue weighted by Crippen LogP contribution is 2.22. The van der Waals surface area contributed by atoms with Crippen molar-refractivity contribution < 1.29 is 13.1 Å². The topological polar surface area (TPSA) is 37.6 Å². The monoisotopic (exact) mass is 245 g/mol. The largest absolute Gasteiger partial charge is 0.299 e. The highest BCUT2D eigenvalue weighted by Gasteiger charge is 2.18. The molecular formula is C9H9F2N3OS. The van der Waals surface area contributed by atoms with Crippen LogP contribution in [0.4, 0.5) is 14.7 Å². The van der Waals surface area contributed by atoms with E-state index in [4.69, 9.17) is 0 Å². The summed E-state index contributed by atoms with van der Waals surface area (Å²) in [6, 6.07) is 2.66. The Morgan fingerprint density at radius 2 is 2.19 bits per heavy atom.